The Balaban J connectivity index is 0. The van der Waals surface area contributed by atoms with Crippen LogP contribution in [0.15, 0.2) is 36.4 Å². The maximum atomic E-state index is 10.1. The molecule has 0 saturated carbocycles. The Morgan fingerprint density at radius 2 is 1.27 bits per heavy atom. The highest BCUT2D eigenvalue weighted by atomic mass is 16.6. The second-order valence-electron chi connectivity index (χ2n) is 2.16. The van der Waals surface area contributed by atoms with Crippen LogP contribution < -0.4 is 0 Å². The number of esters is 1. The van der Waals surface area contributed by atoms with Gasteiger partial charge in [0.05, 0.1) is 7.11 Å². The minimum absolute atomic E-state index is 0.0382. The highest BCUT2D eigenvalue weighted by Crippen LogP contribution is 1.79. The fourth-order valence-corrected chi connectivity index (χ4v) is 0.562. The molecule has 0 N–H and O–H groups in total. The lowest BCUT2D eigenvalue weighted by atomic mass is 10.4. The van der Waals surface area contributed by atoms with Crippen LogP contribution in [0, 0.1) is 0 Å². The van der Waals surface area contributed by atoms with Gasteiger partial charge in [0.15, 0.2) is 0 Å². The number of carbonyl (C=O) groups excluding carboxylic acids is 1. The summed E-state index contributed by atoms with van der Waals surface area (Å²) in [4.78, 5) is 10.1. The Labute approximate surface area is 92.0 Å². The zero-order valence-electron chi connectivity index (χ0n) is 9.90. The topological polar surface area (TPSA) is 35.5 Å². The second-order valence-corrected chi connectivity index (χ2v) is 2.16. The predicted octanol–water partition coefficient (Wildman–Crippen LogP) is 2.52. The SMILES string of the molecule is CC.COCC(=O)OC.c1ccccc1. The molecule has 86 valence electrons. The molecule has 1 aromatic carbocycles. The van der Waals surface area contributed by atoms with Gasteiger partial charge < -0.3 is 9.47 Å². The van der Waals surface area contributed by atoms with Crippen molar-refractivity contribution in [3.63, 3.8) is 0 Å². The van der Waals surface area contributed by atoms with Gasteiger partial charge >= 0.3 is 5.97 Å². The van der Waals surface area contributed by atoms with Crippen LogP contribution in [0.25, 0.3) is 0 Å². The normalized spacial score (nSPS) is 7.47. The van der Waals surface area contributed by atoms with Gasteiger partial charge in [-0.25, -0.2) is 4.79 Å². The molecule has 1 aromatic rings. The number of carbonyl (C=O) groups is 1. The smallest absolute Gasteiger partial charge is 0.331 e. The summed E-state index contributed by atoms with van der Waals surface area (Å²) in [5.41, 5.74) is 0. The first-order chi connectivity index (χ1) is 7.31. The molecule has 0 bridgehead atoms. The van der Waals surface area contributed by atoms with Crippen molar-refractivity contribution in [3.05, 3.63) is 36.4 Å². The summed E-state index contributed by atoms with van der Waals surface area (Å²) >= 11 is 0. The van der Waals surface area contributed by atoms with Crippen molar-refractivity contribution in [1.29, 1.82) is 0 Å². The zero-order chi connectivity index (χ0) is 11.9. The number of hydrogen-bond donors (Lipinski definition) is 0. The van der Waals surface area contributed by atoms with Crippen molar-refractivity contribution in [2.24, 2.45) is 0 Å². The first-order valence-corrected chi connectivity index (χ1v) is 4.87. The number of benzene rings is 1. The van der Waals surface area contributed by atoms with E-state index in [-0.39, 0.29) is 12.6 Å². The van der Waals surface area contributed by atoms with Gasteiger partial charge in [0, 0.05) is 7.11 Å². The third kappa shape index (κ3) is 15.4. The quantitative estimate of drug-likeness (QED) is 0.707. The first-order valence-electron chi connectivity index (χ1n) is 4.87. The molecule has 3 heteroatoms. The van der Waals surface area contributed by atoms with E-state index in [4.69, 9.17) is 0 Å². The van der Waals surface area contributed by atoms with E-state index >= 15 is 0 Å². The summed E-state index contributed by atoms with van der Waals surface area (Å²) < 4.78 is 8.65. The van der Waals surface area contributed by atoms with E-state index in [1.54, 1.807) is 0 Å². The maximum Gasteiger partial charge on any atom is 0.331 e. The van der Waals surface area contributed by atoms with Crippen molar-refractivity contribution in [2.45, 2.75) is 13.8 Å². The van der Waals surface area contributed by atoms with Crippen LogP contribution >= 0.6 is 0 Å². The Morgan fingerprint density at radius 1 is 0.933 bits per heavy atom. The predicted molar refractivity (Wildman–Crippen MR) is 61.7 cm³/mol. The van der Waals surface area contributed by atoms with Crippen molar-refractivity contribution < 1.29 is 14.3 Å². The lowest BCUT2D eigenvalue weighted by Crippen LogP contribution is -2.07. The molecule has 0 fully saturated rings. The molecule has 15 heavy (non-hydrogen) atoms. The van der Waals surface area contributed by atoms with Crippen LogP contribution in [0.4, 0.5) is 0 Å². The molecular formula is C12H20O3. The van der Waals surface area contributed by atoms with Crippen LogP contribution in [0.5, 0.6) is 0 Å². The summed E-state index contributed by atoms with van der Waals surface area (Å²) in [6.45, 7) is 4.04. The Kier molecular flexibility index (Phi) is 16.2. The van der Waals surface area contributed by atoms with Gasteiger partial charge in [-0.1, -0.05) is 50.2 Å². The number of rotatable bonds is 2. The summed E-state index contributed by atoms with van der Waals surface area (Å²) in [7, 11) is 2.76. The highest BCUT2D eigenvalue weighted by Gasteiger charge is 1.93. The molecule has 0 heterocycles. The average Bonchev–Trinajstić information content (AvgIpc) is 2.35. The summed E-state index contributed by atoms with van der Waals surface area (Å²) in [5.74, 6) is -0.345. The van der Waals surface area contributed by atoms with Crippen LogP contribution in [-0.4, -0.2) is 26.8 Å². The van der Waals surface area contributed by atoms with Gasteiger partial charge in [-0.05, 0) is 0 Å². The molecule has 0 radical (unpaired) electrons. The van der Waals surface area contributed by atoms with Crippen LogP contribution in [0.3, 0.4) is 0 Å². The summed E-state index contributed by atoms with van der Waals surface area (Å²) in [6.07, 6.45) is 0. The Hall–Kier alpha value is -1.35. The molecule has 3 nitrogen and oxygen atoms in total. The second kappa shape index (κ2) is 15.1. The molecule has 0 aliphatic rings. The lowest BCUT2D eigenvalue weighted by molar-refractivity contribution is -0.144. The van der Waals surface area contributed by atoms with Gasteiger partial charge in [0.2, 0.25) is 0 Å². The molecule has 0 saturated heterocycles. The third-order valence-electron chi connectivity index (χ3n) is 1.16. The van der Waals surface area contributed by atoms with E-state index in [2.05, 4.69) is 9.47 Å². The van der Waals surface area contributed by atoms with Gasteiger partial charge in [0.1, 0.15) is 6.61 Å². The maximum absolute atomic E-state index is 10.1. The third-order valence-corrected chi connectivity index (χ3v) is 1.16. The fraction of sp³-hybridized carbons (Fsp3) is 0.417. The zero-order valence-corrected chi connectivity index (χ0v) is 9.90. The molecule has 0 spiro atoms. The van der Waals surface area contributed by atoms with E-state index in [1.807, 2.05) is 50.2 Å². The van der Waals surface area contributed by atoms with Crippen LogP contribution in [-0.2, 0) is 14.3 Å². The monoisotopic (exact) mass is 212 g/mol. The largest absolute Gasteiger partial charge is 0.467 e. The molecule has 0 aliphatic heterocycles. The number of methoxy groups -OCH3 is 2. The van der Waals surface area contributed by atoms with E-state index in [1.165, 1.54) is 14.2 Å². The van der Waals surface area contributed by atoms with Gasteiger partial charge in [-0.2, -0.15) is 0 Å². The standard InChI is InChI=1S/C6H6.C4H8O3.C2H6/c1-2-4-6-5-3-1;1-6-3-4(5)7-2;1-2/h1-6H;3H2,1-2H3;1-2H3. The molecular weight excluding hydrogens is 192 g/mol. The van der Waals surface area contributed by atoms with Crippen molar-refractivity contribution in [1.82, 2.24) is 0 Å². The molecule has 0 aliphatic carbocycles. The number of ether oxygens (including phenoxy) is 2. The Morgan fingerprint density at radius 3 is 1.40 bits per heavy atom. The first kappa shape index (κ1) is 16.1. The van der Waals surface area contributed by atoms with Crippen LogP contribution in [0.2, 0.25) is 0 Å². The molecule has 1 rings (SSSR count). The van der Waals surface area contributed by atoms with Gasteiger partial charge in [0.25, 0.3) is 0 Å². The molecule has 0 amide bonds. The van der Waals surface area contributed by atoms with Crippen molar-refractivity contribution in [2.75, 3.05) is 20.8 Å². The summed E-state index contributed by atoms with van der Waals surface area (Å²) in [6, 6.07) is 12.0. The minimum atomic E-state index is -0.345. The fourth-order valence-electron chi connectivity index (χ4n) is 0.562. The Bertz CT molecular complexity index is 183. The van der Waals surface area contributed by atoms with E-state index < -0.39 is 0 Å². The van der Waals surface area contributed by atoms with Crippen molar-refractivity contribution >= 4 is 5.97 Å². The average molecular weight is 212 g/mol. The van der Waals surface area contributed by atoms with E-state index in [0.29, 0.717) is 0 Å². The minimum Gasteiger partial charge on any atom is -0.467 e. The molecule has 0 atom stereocenters. The lowest BCUT2D eigenvalue weighted by Gasteiger charge is -1.92. The molecule has 0 aromatic heterocycles. The molecule has 0 unspecified atom stereocenters. The van der Waals surface area contributed by atoms with Crippen LogP contribution in [0.1, 0.15) is 13.8 Å². The summed E-state index contributed by atoms with van der Waals surface area (Å²) in [5, 5.41) is 0. The highest BCUT2D eigenvalue weighted by molar-refractivity contribution is 5.70. The van der Waals surface area contributed by atoms with Gasteiger partial charge in [-0.3, -0.25) is 0 Å². The van der Waals surface area contributed by atoms with Crippen molar-refractivity contribution in [3.8, 4) is 0 Å². The van der Waals surface area contributed by atoms with Gasteiger partial charge in [-0.15, -0.1) is 0 Å². The van der Waals surface area contributed by atoms with E-state index in [9.17, 15) is 4.79 Å². The van der Waals surface area contributed by atoms with E-state index in [0.717, 1.165) is 0 Å². The number of hydrogen-bond acceptors (Lipinski definition) is 3.